The van der Waals surface area contributed by atoms with Gasteiger partial charge in [0.2, 0.25) is 0 Å². The molecular formula is C14H26N2OS. The largest absolute Gasteiger partial charge is 0.335 e. The van der Waals surface area contributed by atoms with Crippen LogP contribution in [0.4, 0.5) is 4.79 Å². The molecule has 4 heteroatoms. The highest BCUT2D eigenvalue weighted by atomic mass is 32.2. The second-order valence-electron chi connectivity index (χ2n) is 5.73. The third-order valence-electron chi connectivity index (χ3n) is 4.06. The quantitative estimate of drug-likeness (QED) is 0.854. The van der Waals surface area contributed by atoms with Crippen LogP contribution in [0, 0.1) is 5.92 Å². The fourth-order valence-corrected chi connectivity index (χ4v) is 4.24. The predicted molar refractivity (Wildman–Crippen MR) is 78.1 cm³/mol. The summed E-state index contributed by atoms with van der Waals surface area (Å²) >= 11 is 2.04. The summed E-state index contributed by atoms with van der Waals surface area (Å²) in [6, 6.07) is 0.590. The van der Waals surface area contributed by atoms with Crippen molar-refractivity contribution in [2.45, 2.75) is 57.2 Å². The Morgan fingerprint density at radius 3 is 2.94 bits per heavy atom. The molecule has 3 unspecified atom stereocenters. The number of hydrogen-bond donors (Lipinski definition) is 1. The van der Waals surface area contributed by atoms with Gasteiger partial charge in [0.1, 0.15) is 0 Å². The zero-order chi connectivity index (χ0) is 13.0. The van der Waals surface area contributed by atoms with Crippen molar-refractivity contribution in [3.05, 3.63) is 0 Å². The Morgan fingerprint density at radius 1 is 1.39 bits per heavy atom. The van der Waals surface area contributed by atoms with Gasteiger partial charge in [-0.25, -0.2) is 4.79 Å². The van der Waals surface area contributed by atoms with E-state index < -0.39 is 0 Å². The zero-order valence-electron chi connectivity index (χ0n) is 11.7. The molecule has 0 aromatic rings. The van der Waals surface area contributed by atoms with Crippen molar-refractivity contribution < 1.29 is 4.79 Å². The van der Waals surface area contributed by atoms with Gasteiger partial charge in [-0.05, 0) is 43.8 Å². The molecule has 2 rings (SSSR count). The van der Waals surface area contributed by atoms with Crippen molar-refractivity contribution >= 4 is 17.8 Å². The molecule has 2 aliphatic rings. The number of carbonyl (C=O) groups excluding carboxylic acids is 1. The Balaban J connectivity index is 1.74. The molecule has 0 spiro atoms. The first-order valence-electron chi connectivity index (χ1n) is 7.36. The lowest BCUT2D eigenvalue weighted by Gasteiger charge is -2.32. The highest BCUT2D eigenvalue weighted by Crippen LogP contribution is 2.29. The number of nitrogens with zero attached hydrogens (tertiary/aromatic N) is 1. The Morgan fingerprint density at radius 2 is 2.22 bits per heavy atom. The van der Waals surface area contributed by atoms with E-state index >= 15 is 0 Å². The fraction of sp³-hybridized carbons (Fsp3) is 0.929. The van der Waals surface area contributed by atoms with Crippen molar-refractivity contribution in [3.8, 4) is 0 Å². The predicted octanol–water partition coefficient (Wildman–Crippen LogP) is 3.10. The zero-order valence-corrected chi connectivity index (χ0v) is 12.5. The third kappa shape index (κ3) is 3.81. The lowest BCUT2D eigenvalue weighted by atomic mass is 10.0. The summed E-state index contributed by atoms with van der Waals surface area (Å²) < 4.78 is 0. The van der Waals surface area contributed by atoms with Crippen molar-refractivity contribution in [1.29, 1.82) is 0 Å². The highest BCUT2D eigenvalue weighted by molar-refractivity contribution is 7.99. The van der Waals surface area contributed by atoms with Crippen LogP contribution in [0.3, 0.4) is 0 Å². The molecule has 0 aromatic carbocycles. The summed E-state index contributed by atoms with van der Waals surface area (Å²) in [5.41, 5.74) is 0. The molecule has 0 aromatic heterocycles. The van der Waals surface area contributed by atoms with Crippen molar-refractivity contribution in [1.82, 2.24) is 10.2 Å². The van der Waals surface area contributed by atoms with Gasteiger partial charge in [-0.3, -0.25) is 0 Å². The average Bonchev–Trinajstić information content (AvgIpc) is 2.77. The summed E-state index contributed by atoms with van der Waals surface area (Å²) in [6.07, 6.45) is 6.01. The number of likely N-dealkylation sites (tertiary alicyclic amines) is 1. The molecule has 18 heavy (non-hydrogen) atoms. The number of nitrogens with one attached hydrogen (secondary N) is 1. The molecule has 1 N–H and O–H groups in total. The first kappa shape index (κ1) is 14.0. The van der Waals surface area contributed by atoms with Crippen LogP contribution in [-0.4, -0.2) is 41.1 Å². The van der Waals surface area contributed by atoms with Crippen LogP contribution in [0.2, 0.25) is 0 Å². The van der Waals surface area contributed by atoms with Gasteiger partial charge in [0.05, 0.1) is 0 Å². The molecule has 1 saturated heterocycles. The van der Waals surface area contributed by atoms with Crippen molar-refractivity contribution in [2.75, 3.05) is 18.8 Å². The Labute approximate surface area is 115 Å². The van der Waals surface area contributed by atoms with E-state index in [-0.39, 0.29) is 6.03 Å². The summed E-state index contributed by atoms with van der Waals surface area (Å²) in [7, 11) is 0. The van der Waals surface area contributed by atoms with Crippen LogP contribution in [0.15, 0.2) is 0 Å². The van der Waals surface area contributed by atoms with Crippen LogP contribution >= 0.6 is 11.8 Å². The smallest absolute Gasteiger partial charge is 0.317 e. The van der Waals surface area contributed by atoms with Crippen LogP contribution in [0.1, 0.15) is 46.0 Å². The minimum absolute atomic E-state index is 0.175. The molecule has 104 valence electrons. The molecule has 0 bridgehead atoms. The third-order valence-corrected chi connectivity index (χ3v) is 5.29. The lowest BCUT2D eigenvalue weighted by Crippen LogP contribution is -2.47. The molecule has 3 atom stereocenters. The standard InChI is InChI=1S/C14H26N2OS/c1-3-18-13-7-6-12(9-13)15-14(17)16-8-4-5-11(2)10-16/h11-13H,3-10H2,1-2H3,(H,15,17). The second kappa shape index (κ2) is 6.69. The van der Waals surface area contributed by atoms with Gasteiger partial charge >= 0.3 is 6.03 Å². The Bertz CT molecular complexity index is 285. The van der Waals surface area contributed by atoms with Gasteiger partial charge in [0.15, 0.2) is 0 Å². The summed E-state index contributed by atoms with van der Waals surface area (Å²) in [6.45, 7) is 6.33. The number of carbonyl (C=O) groups is 1. The maximum absolute atomic E-state index is 12.2. The number of piperidine rings is 1. The van der Waals surface area contributed by atoms with Gasteiger partial charge in [-0.2, -0.15) is 11.8 Å². The van der Waals surface area contributed by atoms with Crippen molar-refractivity contribution in [3.63, 3.8) is 0 Å². The Hall–Kier alpha value is -0.380. The van der Waals surface area contributed by atoms with E-state index in [9.17, 15) is 4.79 Å². The van der Waals surface area contributed by atoms with Crippen LogP contribution in [0.25, 0.3) is 0 Å². The molecule has 1 saturated carbocycles. The summed E-state index contributed by atoms with van der Waals surface area (Å²) in [5.74, 6) is 1.85. The first-order chi connectivity index (χ1) is 8.69. The minimum Gasteiger partial charge on any atom is -0.335 e. The molecule has 1 aliphatic heterocycles. The van der Waals surface area contributed by atoms with E-state index in [4.69, 9.17) is 0 Å². The number of hydrogen-bond acceptors (Lipinski definition) is 2. The van der Waals surface area contributed by atoms with E-state index in [0.29, 0.717) is 12.0 Å². The van der Waals surface area contributed by atoms with Crippen LogP contribution in [0.5, 0.6) is 0 Å². The molecule has 2 amide bonds. The van der Waals surface area contributed by atoms with E-state index in [1.54, 1.807) is 0 Å². The molecule has 3 nitrogen and oxygen atoms in total. The van der Waals surface area contributed by atoms with E-state index in [1.165, 1.54) is 18.6 Å². The van der Waals surface area contributed by atoms with Gasteiger partial charge in [-0.15, -0.1) is 0 Å². The van der Waals surface area contributed by atoms with E-state index in [0.717, 1.165) is 37.6 Å². The second-order valence-corrected chi connectivity index (χ2v) is 7.31. The fourth-order valence-electron chi connectivity index (χ4n) is 3.10. The number of thioether (sulfide) groups is 1. The monoisotopic (exact) mass is 270 g/mol. The number of amides is 2. The van der Waals surface area contributed by atoms with Gasteiger partial charge in [0.25, 0.3) is 0 Å². The van der Waals surface area contributed by atoms with E-state index in [2.05, 4.69) is 19.2 Å². The SMILES string of the molecule is CCSC1CCC(NC(=O)N2CCCC(C)C2)C1. The molecular weight excluding hydrogens is 244 g/mol. The normalized spacial score (nSPS) is 32.6. The summed E-state index contributed by atoms with van der Waals surface area (Å²) in [4.78, 5) is 14.2. The van der Waals surface area contributed by atoms with Gasteiger partial charge in [-0.1, -0.05) is 13.8 Å². The highest BCUT2D eigenvalue weighted by Gasteiger charge is 2.28. The first-order valence-corrected chi connectivity index (χ1v) is 8.41. The van der Waals surface area contributed by atoms with Crippen LogP contribution < -0.4 is 5.32 Å². The molecule has 0 radical (unpaired) electrons. The summed E-state index contributed by atoms with van der Waals surface area (Å²) in [5, 5.41) is 4.00. The maximum Gasteiger partial charge on any atom is 0.317 e. The Kier molecular flexibility index (Phi) is 5.22. The van der Waals surface area contributed by atoms with Gasteiger partial charge in [0, 0.05) is 24.4 Å². The molecule has 2 fully saturated rings. The van der Waals surface area contributed by atoms with Crippen molar-refractivity contribution in [2.24, 2.45) is 5.92 Å². The lowest BCUT2D eigenvalue weighted by molar-refractivity contribution is 0.166. The topological polar surface area (TPSA) is 32.3 Å². The number of rotatable bonds is 3. The molecule has 1 aliphatic carbocycles. The minimum atomic E-state index is 0.175. The van der Waals surface area contributed by atoms with Gasteiger partial charge < -0.3 is 10.2 Å². The number of urea groups is 1. The average molecular weight is 270 g/mol. The molecule has 1 heterocycles. The maximum atomic E-state index is 12.2. The van der Waals surface area contributed by atoms with E-state index in [1.807, 2.05) is 16.7 Å². The van der Waals surface area contributed by atoms with Crippen LogP contribution in [-0.2, 0) is 0 Å².